The largest absolute Gasteiger partial charge is 0.365 e. The summed E-state index contributed by atoms with van der Waals surface area (Å²) in [5, 5.41) is 8.34. The van der Waals surface area contributed by atoms with E-state index >= 15 is 0 Å². The summed E-state index contributed by atoms with van der Waals surface area (Å²) < 4.78 is 26.0. The molecule has 0 fully saturated rings. The van der Waals surface area contributed by atoms with Crippen LogP contribution in [0.5, 0.6) is 0 Å². The molecule has 2 rings (SSSR count). The number of amides is 1. The van der Waals surface area contributed by atoms with Crippen LogP contribution in [0.25, 0.3) is 0 Å². The van der Waals surface area contributed by atoms with Crippen LogP contribution in [0.3, 0.4) is 0 Å². The highest BCUT2D eigenvalue weighted by Crippen LogP contribution is 2.20. The zero-order valence-corrected chi connectivity index (χ0v) is 16.1. The molecule has 0 spiro atoms. The zero-order chi connectivity index (χ0) is 18.1. The number of halogens is 2. The average molecular weight is 404 g/mol. The van der Waals surface area contributed by atoms with Gasteiger partial charge in [-0.25, -0.2) is 8.42 Å². The molecular weight excluding hydrogens is 385 g/mol. The number of carbonyl (C=O) groups excluding carboxylic acids is 1. The smallest absolute Gasteiger partial charge is 0.252 e. The number of pyridine rings is 1. The van der Waals surface area contributed by atoms with Crippen molar-refractivity contribution in [3.8, 4) is 0 Å². The number of hydrogen-bond donors (Lipinski definition) is 2. The minimum atomic E-state index is -3.41. The fraction of sp³-hybridized carbons (Fsp3) is 0.250. The van der Waals surface area contributed by atoms with Crippen molar-refractivity contribution >= 4 is 39.8 Å². The van der Waals surface area contributed by atoms with E-state index in [4.69, 9.17) is 22.7 Å². The lowest BCUT2D eigenvalue weighted by Crippen LogP contribution is -2.30. The van der Waals surface area contributed by atoms with Crippen molar-refractivity contribution in [1.29, 1.82) is 5.41 Å². The van der Waals surface area contributed by atoms with Crippen LogP contribution in [-0.4, -0.2) is 24.6 Å². The van der Waals surface area contributed by atoms with Gasteiger partial charge in [-0.1, -0.05) is 36.2 Å². The number of rotatable bonds is 5. The maximum atomic E-state index is 12.3. The topological polar surface area (TPSA) is 106 Å². The van der Waals surface area contributed by atoms with E-state index in [-0.39, 0.29) is 45.7 Å². The van der Waals surface area contributed by atoms with E-state index in [0.29, 0.717) is 5.56 Å². The number of sulfone groups is 1. The molecule has 0 unspecified atom stereocenters. The van der Waals surface area contributed by atoms with Crippen molar-refractivity contribution in [3.63, 3.8) is 0 Å². The lowest BCUT2D eigenvalue weighted by atomic mass is 10.1. The first-order valence-electron chi connectivity index (χ1n) is 7.22. The fourth-order valence-electron chi connectivity index (χ4n) is 2.40. The number of benzene rings is 1. The maximum Gasteiger partial charge on any atom is 0.252 e. The fourth-order valence-corrected chi connectivity index (χ4v) is 3.73. The van der Waals surface area contributed by atoms with E-state index in [1.165, 1.54) is 16.8 Å². The molecule has 2 aromatic rings. The van der Waals surface area contributed by atoms with Crippen LogP contribution >= 0.6 is 24.0 Å². The summed E-state index contributed by atoms with van der Waals surface area (Å²) in [4.78, 5) is 11.7. The van der Waals surface area contributed by atoms with Gasteiger partial charge in [0.2, 0.25) is 0 Å². The van der Waals surface area contributed by atoms with Crippen molar-refractivity contribution in [2.45, 2.75) is 25.3 Å². The van der Waals surface area contributed by atoms with Crippen molar-refractivity contribution < 1.29 is 13.2 Å². The van der Waals surface area contributed by atoms with Crippen LogP contribution in [0.1, 0.15) is 28.4 Å². The van der Waals surface area contributed by atoms with Gasteiger partial charge in [0.15, 0.2) is 9.84 Å². The Kier molecular flexibility index (Phi) is 6.82. The summed E-state index contributed by atoms with van der Waals surface area (Å²) in [5.74, 6) is -0.786. The summed E-state index contributed by atoms with van der Waals surface area (Å²) in [5.41, 5.74) is 6.56. The molecule has 136 valence electrons. The van der Waals surface area contributed by atoms with Crippen LogP contribution in [0.2, 0.25) is 5.02 Å². The highest BCUT2D eigenvalue weighted by Gasteiger charge is 2.18. The van der Waals surface area contributed by atoms with Crippen LogP contribution in [0, 0.1) is 12.3 Å². The number of primary amides is 1. The second-order valence-electron chi connectivity index (χ2n) is 5.43. The third-order valence-electron chi connectivity index (χ3n) is 3.64. The van der Waals surface area contributed by atoms with E-state index in [1.54, 1.807) is 25.1 Å². The Hall–Kier alpha value is -1.83. The first kappa shape index (κ1) is 21.2. The number of hydrogen-bond acceptors (Lipinski definition) is 4. The van der Waals surface area contributed by atoms with Gasteiger partial charge in [0, 0.05) is 6.20 Å². The Bertz CT molecular complexity index is 969. The molecule has 0 radical (unpaired) electrons. The third-order valence-corrected chi connectivity index (χ3v) is 5.68. The van der Waals surface area contributed by atoms with Gasteiger partial charge in [-0.05, 0) is 24.6 Å². The van der Waals surface area contributed by atoms with Crippen molar-refractivity contribution in [2.75, 3.05) is 5.75 Å². The van der Waals surface area contributed by atoms with Gasteiger partial charge >= 0.3 is 0 Å². The standard InChI is InChI=1S/C16H18ClN3O3S.ClH/c1-3-24(22,23)14-5-4-10(2)6-11(14)8-20-9-12(17)7-13(15(20)18)16(19)21;/h4-7,9,18H,3,8H2,1-2H3,(H2,19,21);1H. The molecule has 1 aromatic carbocycles. The number of nitrogens with one attached hydrogen (secondary N) is 1. The monoisotopic (exact) mass is 403 g/mol. The molecule has 9 heteroatoms. The van der Waals surface area contributed by atoms with Crippen LogP contribution in [0.4, 0.5) is 0 Å². The molecule has 0 aliphatic heterocycles. The first-order chi connectivity index (χ1) is 11.2. The van der Waals surface area contributed by atoms with Crippen LogP contribution in [0.15, 0.2) is 35.4 Å². The summed E-state index contributed by atoms with van der Waals surface area (Å²) in [7, 11) is -3.41. The van der Waals surface area contributed by atoms with E-state index in [1.807, 2.05) is 6.92 Å². The third kappa shape index (κ3) is 4.62. The summed E-state index contributed by atoms with van der Waals surface area (Å²) in [6.07, 6.45) is 1.47. The molecule has 1 aromatic heterocycles. The van der Waals surface area contributed by atoms with Gasteiger partial charge in [-0.2, -0.15) is 0 Å². The molecule has 0 aliphatic carbocycles. The van der Waals surface area contributed by atoms with Crippen LogP contribution < -0.4 is 11.2 Å². The Balaban J connectivity index is 0.00000312. The molecule has 6 nitrogen and oxygen atoms in total. The number of nitrogens with two attached hydrogens (primary N) is 1. The number of aryl methyl sites for hydroxylation is 1. The molecule has 0 bridgehead atoms. The van der Waals surface area contributed by atoms with E-state index < -0.39 is 15.7 Å². The average Bonchev–Trinajstić information content (AvgIpc) is 2.50. The zero-order valence-electron chi connectivity index (χ0n) is 13.7. The maximum absolute atomic E-state index is 12.3. The number of carbonyl (C=O) groups is 1. The minimum absolute atomic E-state index is 0. The minimum Gasteiger partial charge on any atom is -0.365 e. The van der Waals surface area contributed by atoms with Crippen molar-refractivity contribution in [3.05, 3.63) is 57.7 Å². The van der Waals surface area contributed by atoms with Crippen molar-refractivity contribution in [1.82, 2.24) is 4.57 Å². The Morgan fingerprint density at radius 3 is 2.52 bits per heavy atom. The molecule has 3 N–H and O–H groups in total. The van der Waals surface area contributed by atoms with Gasteiger partial charge < -0.3 is 10.3 Å². The predicted octanol–water partition coefficient (Wildman–Crippen LogP) is 2.29. The number of nitrogens with zero attached hydrogens (tertiary/aromatic N) is 1. The lowest BCUT2D eigenvalue weighted by molar-refractivity contribution is 0.0997. The molecule has 0 aliphatic rings. The highest BCUT2D eigenvalue weighted by atomic mass is 35.5. The quantitative estimate of drug-likeness (QED) is 0.799. The van der Waals surface area contributed by atoms with Gasteiger partial charge in [0.25, 0.3) is 5.91 Å². The molecule has 25 heavy (non-hydrogen) atoms. The summed E-state index contributed by atoms with van der Waals surface area (Å²) in [6.45, 7) is 3.52. The van der Waals surface area contributed by atoms with E-state index in [0.717, 1.165) is 5.56 Å². The van der Waals surface area contributed by atoms with Crippen LogP contribution in [-0.2, 0) is 16.4 Å². The Labute approximate surface area is 157 Å². The molecule has 0 saturated carbocycles. The lowest BCUT2D eigenvalue weighted by Gasteiger charge is -2.14. The number of aromatic nitrogens is 1. The highest BCUT2D eigenvalue weighted by molar-refractivity contribution is 7.91. The molecule has 1 amide bonds. The van der Waals surface area contributed by atoms with Gasteiger partial charge in [-0.3, -0.25) is 10.2 Å². The molecule has 0 atom stereocenters. The second-order valence-corrected chi connectivity index (χ2v) is 8.11. The molecular formula is C16H19Cl2N3O3S. The summed E-state index contributed by atoms with van der Waals surface area (Å²) >= 11 is 5.99. The normalized spacial score (nSPS) is 11.0. The predicted molar refractivity (Wildman–Crippen MR) is 99.1 cm³/mol. The van der Waals surface area contributed by atoms with Gasteiger partial charge in [-0.15, -0.1) is 12.4 Å². The van der Waals surface area contributed by atoms with E-state index in [2.05, 4.69) is 0 Å². The van der Waals surface area contributed by atoms with Gasteiger partial charge in [0.05, 0.1) is 27.8 Å². The Morgan fingerprint density at radius 2 is 1.96 bits per heavy atom. The van der Waals surface area contributed by atoms with E-state index in [9.17, 15) is 13.2 Å². The second kappa shape index (κ2) is 8.03. The SMILES string of the molecule is CCS(=O)(=O)c1ccc(C)cc1Cn1cc(Cl)cc(C(N)=O)c1=N.Cl. The van der Waals surface area contributed by atoms with Gasteiger partial charge in [0.1, 0.15) is 5.49 Å². The first-order valence-corrected chi connectivity index (χ1v) is 9.25. The molecule has 1 heterocycles. The Morgan fingerprint density at radius 1 is 1.32 bits per heavy atom. The van der Waals surface area contributed by atoms with Crippen molar-refractivity contribution in [2.24, 2.45) is 5.73 Å². The molecule has 0 saturated heterocycles. The summed E-state index contributed by atoms with van der Waals surface area (Å²) in [6, 6.07) is 6.36.